The number of aryl methyl sites for hydroxylation is 2. The molecular formula is C23H29N3O. The van der Waals surface area contributed by atoms with Gasteiger partial charge in [-0.05, 0) is 44.5 Å². The van der Waals surface area contributed by atoms with Gasteiger partial charge in [-0.15, -0.1) is 0 Å². The van der Waals surface area contributed by atoms with Gasteiger partial charge in [0.2, 0.25) is 0 Å². The normalized spacial score (nSPS) is 12.3. The third kappa shape index (κ3) is 4.57. The fraction of sp³-hybridized carbons (Fsp3) is 0.391. The molecule has 2 aromatic carbocycles. The second-order valence-corrected chi connectivity index (χ2v) is 7.23. The molecule has 0 aliphatic heterocycles. The van der Waals surface area contributed by atoms with E-state index in [1.807, 2.05) is 56.3 Å². The molecule has 0 radical (unpaired) electrons. The van der Waals surface area contributed by atoms with E-state index in [1.54, 1.807) is 0 Å². The number of imidazole rings is 1. The lowest BCUT2D eigenvalue weighted by atomic mass is 10.1. The van der Waals surface area contributed by atoms with Crippen molar-refractivity contribution in [1.29, 1.82) is 0 Å². The zero-order valence-corrected chi connectivity index (χ0v) is 16.5. The highest BCUT2D eigenvalue weighted by Crippen LogP contribution is 2.22. The van der Waals surface area contributed by atoms with Gasteiger partial charge in [-0.3, -0.25) is 4.79 Å². The summed E-state index contributed by atoms with van der Waals surface area (Å²) in [6.07, 6.45) is 4.81. The minimum absolute atomic E-state index is 0.0629. The molecule has 0 aliphatic rings. The average Bonchev–Trinajstić information content (AvgIpc) is 3.04. The van der Waals surface area contributed by atoms with Crippen molar-refractivity contribution in [2.24, 2.45) is 0 Å². The van der Waals surface area contributed by atoms with Gasteiger partial charge in [0, 0.05) is 12.1 Å². The Bertz CT molecular complexity index is 896. The number of carbonyl (C=O) groups excluding carboxylic acids is 1. The van der Waals surface area contributed by atoms with E-state index < -0.39 is 0 Å². The van der Waals surface area contributed by atoms with Gasteiger partial charge in [-0.2, -0.15) is 0 Å². The second kappa shape index (κ2) is 8.85. The van der Waals surface area contributed by atoms with Crippen LogP contribution in [0.25, 0.3) is 11.0 Å². The first-order valence-corrected chi connectivity index (χ1v) is 9.93. The summed E-state index contributed by atoms with van der Waals surface area (Å²) in [5.41, 5.74) is 3.95. The number of nitrogens with zero attached hydrogens (tertiary/aromatic N) is 2. The van der Waals surface area contributed by atoms with Crippen LogP contribution in [0.3, 0.4) is 0 Å². The molecule has 1 unspecified atom stereocenters. The van der Waals surface area contributed by atoms with Crippen molar-refractivity contribution in [3.63, 3.8) is 0 Å². The van der Waals surface area contributed by atoms with Gasteiger partial charge in [0.1, 0.15) is 5.82 Å². The van der Waals surface area contributed by atoms with Gasteiger partial charge in [0.25, 0.3) is 5.91 Å². The first kappa shape index (κ1) is 19.2. The van der Waals surface area contributed by atoms with Gasteiger partial charge < -0.3 is 9.88 Å². The molecule has 27 heavy (non-hydrogen) atoms. The van der Waals surface area contributed by atoms with Crippen LogP contribution in [0.5, 0.6) is 0 Å². The Labute approximate surface area is 161 Å². The van der Waals surface area contributed by atoms with Crippen LogP contribution in [0.1, 0.15) is 67.3 Å². The lowest BCUT2D eigenvalue weighted by Crippen LogP contribution is -2.28. The summed E-state index contributed by atoms with van der Waals surface area (Å²) in [4.78, 5) is 17.4. The molecule has 1 atom stereocenters. The standard InChI is InChI=1S/C23H29N3O/c1-4-5-6-9-16-26-21-11-8-7-10-20(21)25-22(26)18(3)24-23(27)19-14-12-17(2)13-15-19/h7-8,10-15,18H,4-6,9,16H2,1-3H3,(H,24,27). The molecule has 0 fully saturated rings. The number of para-hydroxylation sites is 2. The molecule has 3 rings (SSSR count). The molecule has 0 saturated heterocycles. The molecule has 0 aliphatic carbocycles. The lowest BCUT2D eigenvalue weighted by molar-refractivity contribution is 0.0937. The molecule has 1 amide bonds. The SMILES string of the molecule is CCCCCCn1c(C(C)NC(=O)c2ccc(C)cc2)nc2ccccc21. The van der Waals surface area contributed by atoms with E-state index in [1.165, 1.54) is 19.3 Å². The molecule has 1 aromatic heterocycles. The molecule has 4 heteroatoms. The summed E-state index contributed by atoms with van der Waals surface area (Å²) in [5, 5.41) is 3.11. The first-order chi connectivity index (χ1) is 13.1. The van der Waals surface area contributed by atoms with Gasteiger partial charge >= 0.3 is 0 Å². The van der Waals surface area contributed by atoms with Crippen molar-refractivity contribution in [2.75, 3.05) is 0 Å². The minimum Gasteiger partial charge on any atom is -0.342 e. The molecule has 0 bridgehead atoms. The number of carbonyl (C=O) groups is 1. The summed E-state index contributed by atoms with van der Waals surface area (Å²) < 4.78 is 2.27. The van der Waals surface area contributed by atoms with E-state index in [2.05, 4.69) is 22.9 Å². The maximum absolute atomic E-state index is 12.6. The fourth-order valence-corrected chi connectivity index (χ4v) is 3.41. The van der Waals surface area contributed by atoms with Crippen LogP contribution in [0.15, 0.2) is 48.5 Å². The number of fused-ring (bicyclic) bond motifs is 1. The summed E-state index contributed by atoms with van der Waals surface area (Å²) >= 11 is 0. The largest absolute Gasteiger partial charge is 0.342 e. The van der Waals surface area contributed by atoms with Crippen LogP contribution in [0.4, 0.5) is 0 Å². The van der Waals surface area contributed by atoms with Crippen molar-refractivity contribution in [3.05, 3.63) is 65.5 Å². The molecule has 1 heterocycles. The van der Waals surface area contributed by atoms with E-state index >= 15 is 0 Å². The third-order valence-corrected chi connectivity index (χ3v) is 4.97. The van der Waals surface area contributed by atoms with Crippen LogP contribution >= 0.6 is 0 Å². The first-order valence-electron chi connectivity index (χ1n) is 9.93. The molecule has 0 spiro atoms. The number of benzene rings is 2. The number of unbranched alkanes of at least 4 members (excludes halogenated alkanes) is 3. The monoisotopic (exact) mass is 363 g/mol. The summed E-state index contributed by atoms with van der Waals surface area (Å²) in [5.74, 6) is 0.861. The highest BCUT2D eigenvalue weighted by Gasteiger charge is 2.18. The number of amides is 1. The third-order valence-electron chi connectivity index (χ3n) is 4.97. The zero-order chi connectivity index (χ0) is 19.2. The molecule has 1 N–H and O–H groups in total. The Kier molecular flexibility index (Phi) is 6.28. The number of nitrogens with one attached hydrogen (secondary N) is 1. The Morgan fingerprint density at radius 3 is 2.56 bits per heavy atom. The maximum atomic E-state index is 12.6. The van der Waals surface area contributed by atoms with E-state index in [-0.39, 0.29) is 11.9 Å². The minimum atomic E-state index is -0.155. The van der Waals surface area contributed by atoms with Crippen LogP contribution in [0, 0.1) is 6.92 Å². The van der Waals surface area contributed by atoms with E-state index in [9.17, 15) is 4.79 Å². The van der Waals surface area contributed by atoms with E-state index in [4.69, 9.17) is 4.98 Å². The number of aromatic nitrogens is 2. The predicted octanol–water partition coefficient (Wildman–Crippen LogP) is 5.42. The smallest absolute Gasteiger partial charge is 0.251 e. The van der Waals surface area contributed by atoms with Gasteiger partial charge in [-0.25, -0.2) is 4.98 Å². The second-order valence-electron chi connectivity index (χ2n) is 7.23. The number of hydrogen-bond acceptors (Lipinski definition) is 2. The van der Waals surface area contributed by atoms with Crippen molar-refractivity contribution < 1.29 is 4.79 Å². The Balaban J connectivity index is 1.81. The van der Waals surface area contributed by atoms with Crippen LogP contribution in [-0.2, 0) is 6.54 Å². The van der Waals surface area contributed by atoms with Crippen molar-refractivity contribution in [3.8, 4) is 0 Å². The topological polar surface area (TPSA) is 46.9 Å². The Hall–Kier alpha value is -2.62. The molecule has 0 saturated carbocycles. The molecule has 4 nitrogen and oxygen atoms in total. The van der Waals surface area contributed by atoms with Crippen molar-refractivity contribution in [1.82, 2.24) is 14.9 Å². The van der Waals surface area contributed by atoms with E-state index in [0.717, 1.165) is 35.4 Å². The van der Waals surface area contributed by atoms with Crippen LogP contribution in [0.2, 0.25) is 0 Å². The highest BCUT2D eigenvalue weighted by atomic mass is 16.1. The summed E-state index contributed by atoms with van der Waals surface area (Å²) in [6, 6.07) is 15.7. The fourth-order valence-electron chi connectivity index (χ4n) is 3.41. The van der Waals surface area contributed by atoms with Crippen molar-refractivity contribution in [2.45, 2.75) is 59.0 Å². The van der Waals surface area contributed by atoms with Gasteiger partial charge in [0.05, 0.1) is 17.1 Å². The summed E-state index contributed by atoms with van der Waals surface area (Å²) in [6.45, 7) is 7.18. The van der Waals surface area contributed by atoms with Crippen molar-refractivity contribution >= 4 is 16.9 Å². The highest BCUT2D eigenvalue weighted by molar-refractivity contribution is 5.94. The molecule has 3 aromatic rings. The Morgan fingerprint density at radius 1 is 1.07 bits per heavy atom. The molecular weight excluding hydrogens is 334 g/mol. The molecule has 142 valence electrons. The van der Waals surface area contributed by atoms with Crippen LogP contribution in [-0.4, -0.2) is 15.5 Å². The number of rotatable bonds is 8. The Morgan fingerprint density at radius 2 is 1.81 bits per heavy atom. The predicted molar refractivity (Wildman–Crippen MR) is 111 cm³/mol. The lowest BCUT2D eigenvalue weighted by Gasteiger charge is -2.16. The quantitative estimate of drug-likeness (QED) is 0.544. The van der Waals surface area contributed by atoms with Gasteiger partial charge in [0.15, 0.2) is 0 Å². The van der Waals surface area contributed by atoms with E-state index in [0.29, 0.717) is 5.56 Å². The summed E-state index contributed by atoms with van der Waals surface area (Å²) in [7, 11) is 0. The average molecular weight is 364 g/mol. The maximum Gasteiger partial charge on any atom is 0.251 e. The van der Waals surface area contributed by atoms with Crippen LogP contribution < -0.4 is 5.32 Å². The zero-order valence-electron chi connectivity index (χ0n) is 16.5. The number of hydrogen-bond donors (Lipinski definition) is 1. The van der Waals surface area contributed by atoms with Gasteiger partial charge in [-0.1, -0.05) is 56.0 Å².